The van der Waals surface area contributed by atoms with Crippen molar-refractivity contribution in [3.63, 3.8) is 0 Å². The van der Waals surface area contributed by atoms with Crippen LogP contribution in [-0.2, 0) is 11.2 Å². The number of hydrogen-bond acceptors (Lipinski definition) is 4. The summed E-state index contributed by atoms with van der Waals surface area (Å²) in [5.41, 5.74) is 7.15. The van der Waals surface area contributed by atoms with E-state index in [1.165, 1.54) is 18.3 Å². The van der Waals surface area contributed by atoms with Gasteiger partial charge in [-0.05, 0) is 24.1 Å². The third-order valence-electron chi connectivity index (χ3n) is 2.89. The SMILES string of the molecule is NC(Cc1ccccc1)C(=O)Nc1ccc(C(=O)O)nc1. The zero-order valence-corrected chi connectivity index (χ0v) is 11.2. The molecule has 6 nitrogen and oxygen atoms in total. The molecule has 2 rings (SSSR count). The average molecular weight is 285 g/mol. The van der Waals surface area contributed by atoms with Crippen LogP contribution in [0.15, 0.2) is 48.7 Å². The Hall–Kier alpha value is -2.73. The maximum atomic E-state index is 12.0. The molecule has 0 radical (unpaired) electrons. The van der Waals surface area contributed by atoms with E-state index in [0.29, 0.717) is 12.1 Å². The first-order chi connectivity index (χ1) is 10.1. The number of pyridine rings is 1. The summed E-state index contributed by atoms with van der Waals surface area (Å²) in [6.07, 6.45) is 1.71. The number of carboxylic acids is 1. The maximum absolute atomic E-state index is 12.0. The van der Waals surface area contributed by atoms with Gasteiger partial charge in [-0.25, -0.2) is 9.78 Å². The molecule has 0 saturated carbocycles. The predicted octanol–water partition coefficient (Wildman–Crippen LogP) is 1.29. The van der Waals surface area contributed by atoms with Crippen LogP contribution in [0.2, 0.25) is 0 Å². The van der Waals surface area contributed by atoms with E-state index in [0.717, 1.165) is 5.56 Å². The summed E-state index contributed by atoms with van der Waals surface area (Å²) in [4.78, 5) is 26.4. The summed E-state index contributed by atoms with van der Waals surface area (Å²) in [6.45, 7) is 0. The zero-order chi connectivity index (χ0) is 15.2. The van der Waals surface area contributed by atoms with Crippen molar-refractivity contribution in [2.45, 2.75) is 12.5 Å². The van der Waals surface area contributed by atoms with Crippen LogP contribution in [0, 0.1) is 0 Å². The molecular formula is C15H15N3O3. The monoisotopic (exact) mass is 285 g/mol. The van der Waals surface area contributed by atoms with Gasteiger partial charge in [0.15, 0.2) is 0 Å². The minimum atomic E-state index is -1.12. The highest BCUT2D eigenvalue weighted by atomic mass is 16.4. The van der Waals surface area contributed by atoms with Crippen molar-refractivity contribution in [1.29, 1.82) is 0 Å². The van der Waals surface area contributed by atoms with E-state index >= 15 is 0 Å². The molecule has 4 N–H and O–H groups in total. The molecule has 1 aromatic carbocycles. The van der Waals surface area contributed by atoms with Crippen molar-refractivity contribution in [2.24, 2.45) is 5.73 Å². The highest BCUT2D eigenvalue weighted by Crippen LogP contribution is 2.08. The van der Waals surface area contributed by atoms with Crippen LogP contribution < -0.4 is 11.1 Å². The van der Waals surface area contributed by atoms with Crippen LogP contribution >= 0.6 is 0 Å². The highest BCUT2D eigenvalue weighted by Gasteiger charge is 2.14. The molecule has 21 heavy (non-hydrogen) atoms. The van der Waals surface area contributed by atoms with E-state index in [-0.39, 0.29) is 11.6 Å². The summed E-state index contributed by atoms with van der Waals surface area (Å²) in [6, 6.07) is 11.6. The van der Waals surface area contributed by atoms with Crippen LogP contribution in [0.5, 0.6) is 0 Å². The number of hydrogen-bond donors (Lipinski definition) is 3. The van der Waals surface area contributed by atoms with Crippen molar-refractivity contribution < 1.29 is 14.7 Å². The largest absolute Gasteiger partial charge is 0.477 e. The summed E-state index contributed by atoms with van der Waals surface area (Å²) in [5.74, 6) is -1.46. The van der Waals surface area contributed by atoms with E-state index < -0.39 is 12.0 Å². The number of nitrogens with one attached hydrogen (secondary N) is 1. The van der Waals surface area contributed by atoms with Crippen LogP contribution in [-0.4, -0.2) is 28.0 Å². The van der Waals surface area contributed by atoms with Gasteiger partial charge in [0.2, 0.25) is 5.91 Å². The number of anilines is 1. The normalized spacial score (nSPS) is 11.7. The number of rotatable bonds is 5. The van der Waals surface area contributed by atoms with E-state index in [4.69, 9.17) is 10.8 Å². The first-order valence-electron chi connectivity index (χ1n) is 6.36. The second-order valence-electron chi connectivity index (χ2n) is 4.52. The molecule has 0 aliphatic rings. The number of benzene rings is 1. The topological polar surface area (TPSA) is 105 Å². The Balaban J connectivity index is 1.95. The lowest BCUT2D eigenvalue weighted by Gasteiger charge is -2.12. The molecule has 0 bridgehead atoms. The fourth-order valence-corrected chi connectivity index (χ4v) is 1.79. The number of nitrogens with zero attached hydrogens (tertiary/aromatic N) is 1. The molecule has 0 spiro atoms. The van der Waals surface area contributed by atoms with E-state index in [9.17, 15) is 9.59 Å². The summed E-state index contributed by atoms with van der Waals surface area (Å²) in [5, 5.41) is 11.3. The van der Waals surface area contributed by atoms with Crippen LogP contribution in [0.1, 0.15) is 16.1 Å². The summed E-state index contributed by atoms with van der Waals surface area (Å²) in [7, 11) is 0. The third-order valence-corrected chi connectivity index (χ3v) is 2.89. The van der Waals surface area contributed by atoms with Gasteiger partial charge in [-0.3, -0.25) is 4.79 Å². The van der Waals surface area contributed by atoms with Gasteiger partial charge in [0.1, 0.15) is 5.69 Å². The first-order valence-corrected chi connectivity index (χ1v) is 6.36. The number of carbonyl (C=O) groups excluding carboxylic acids is 1. The minimum absolute atomic E-state index is 0.0819. The Bertz CT molecular complexity index is 626. The van der Waals surface area contributed by atoms with E-state index in [2.05, 4.69) is 10.3 Å². The molecule has 0 fully saturated rings. The van der Waals surface area contributed by atoms with E-state index in [1.54, 1.807) is 0 Å². The van der Waals surface area contributed by atoms with Crippen LogP contribution in [0.4, 0.5) is 5.69 Å². The number of nitrogens with two attached hydrogens (primary N) is 1. The van der Waals surface area contributed by atoms with Gasteiger partial charge >= 0.3 is 5.97 Å². The zero-order valence-electron chi connectivity index (χ0n) is 11.2. The lowest BCUT2D eigenvalue weighted by molar-refractivity contribution is -0.117. The van der Waals surface area contributed by atoms with Crippen molar-refractivity contribution in [3.05, 3.63) is 59.9 Å². The molecule has 6 heteroatoms. The highest BCUT2D eigenvalue weighted by molar-refractivity contribution is 5.95. The lowest BCUT2D eigenvalue weighted by atomic mass is 10.1. The van der Waals surface area contributed by atoms with Gasteiger partial charge in [0.25, 0.3) is 0 Å². The lowest BCUT2D eigenvalue weighted by Crippen LogP contribution is -2.37. The Morgan fingerprint density at radius 1 is 1.19 bits per heavy atom. The van der Waals surface area contributed by atoms with Gasteiger partial charge in [-0.1, -0.05) is 30.3 Å². The number of carbonyl (C=O) groups is 2. The second kappa shape index (κ2) is 6.62. The molecule has 1 aromatic heterocycles. The fourth-order valence-electron chi connectivity index (χ4n) is 1.79. The van der Waals surface area contributed by atoms with Gasteiger partial charge in [0.05, 0.1) is 17.9 Å². The Kier molecular flexibility index (Phi) is 4.63. The predicted molar refractivity (Wildman–Crippen MR) is 77.9 cm³/mol. The van der Waals surface area contributed by atoms with Crippen LogP contribution in [0.25, 0.3) is 0 Å². The van der Waals surface area contributed by atoms with Crippen molar-refractivity contribution in [3.8, 4) is 0 Å². The molecule has 0 aliphatic heterocycles. The number of carboxylic acid groups (broad SMARTS) is 1. The number of aromatic carboxylic acids is 1. The van der Waals surface area contributed by atoms with Gasteiger partial charge < -0.3 is 16.2 Å². The summed E-state index contributed by atoms with van der Waals surface area (Å²) < 4.78 is 0. The minimum Gasteiger partial charge on any atom is -0.477 e. The van der Waals surface area contributed by atoms with Crippen molar-refractivity contribution >= 4 is 17.6 Å². The molecule has 0 saturated heterocycles. The summed E-state index contributed by atoms with van der Waals surface area (Å²) >= 11 is 0. The molecule has 1 unspecified atom stereocenters. The molecule has 2 aromatic rings. The smallest absolute Gasteiger partial charge is 0.354 e. The molecular weight excluding hydrogens is 270 g/mol. The van der Waals surface area contributed by atoms with Crippen LogP contribution in [0.3, 0.4) is 0 Å². The average Bonchev–Trinajstić information content (AvgIpc) is 2.48. The Morgan fingerprint density at radius 2 is 1.90 bits per heavy atom. The van der Waals surface area contributed by atoms with E-state index in [1.807, 2.05) is 30.3 Å². The fraction of sp³-hybridized carbons (Fsp3) is 0.133. The molecule has 0 aliphatic carbocycles. The Labute approximate surface area is 121 Å². The van der Waals surface area contributed by atoms with Gasteiger partial charge in [-0.2, -0.15) is 0 Å². The molecule has 108 valence electrons. The Morgan fingerprint density at radius 3 is 2.48 bits per heavy atom. The third kappa shape index (κ3) is 4.12. The molecule has 1 amide bonds. The van der Waals surface area contributed by atoms with Crippen molar-refractivity contribution in [2.75, 3.05) is 5.32 Å². The van der Waals surface area contributed by atoms with Crippen molar-refractivity contribution in [1.82, 2.24) is 4.98 Å². The second-order valence-corrected chi connectivity index (χ2v) is 4.52. The first kappa shape index (κ1) is 14.7. The van der Waals surface area contributed by atoms with Gasteiger partial charge in [0, 0.05) is 0 Å². The molecule has 1 heterocycles. The standard InChI is InChI=1S/C15H15N3O3/c16-12(8-10-4-2-1-3-5-10)14(19)18-11-6-7-13(15(20)21)17-9-11/h1-7,9,12H,8,16H2,(H,18,19)(H,20,21). The maximum Gasteiger partial charge on any atom is 0.354 e. The molecule has 1 atom stereocenters. The number of amides is 1. The quantitative estimate of drug-likeness (QED) is 0.767. The van der Waals surface area contributed by atoms with Gasteiger partial charge in [-0.15, -0.1) is 0 Å². The number of aromatic nitrogens is 1.